The van der Waals surface area contributed by atoms with E-state index in [0.29, 0.717) is 6.42 Å². The summed E-state index contributed by atoms with van der Waals surface area (Å²) in [6.07, 6.45) is 20.7. The lowest BCUT2D eigenvalue weighted by molar-refractivity contribution is 0.323. The summed E-state index contributed by atoms with van der Waals surface area (Å²) in [5, 5.41) is 1.02. The van der Waals surface area contributed by atoms with E-state index in [4.69, 9.17) is 19.1 Å². The second-order valence-corrected chi connectivity index (χ2v) is 17.0. The molecular formula is C58H47N3O2. The number of aryl methyl sites for hydroxylation is 1. The molecule has 0 saturated heterocycles. The SMILES string of the molecule is C=C(/C=C(\C=C/C)C1=C/Cc2cc(-c3cccc(-c4cc(C)cc(-c5ccc6oc7cccnc7c6c5)c4)c3)ccc2OC(C#CC)C=N\1)C1=CCC2(C)Cc3cccnc3C2=C1. The van der Waals surface area contributed by atoms with Crippen LogP contribution in [0, 0.1) is 24.2 Å². The van der Waals surface area contributed by atoms with E-state index in [1.54, 1.807) is 0 Å². The number of rotatable bonds is 7. The van der Waals surface area contributed by atoms with E-state index in [-0.39, 0.29) is 5.41 Å². The predicted octanol–water partition coefficient (Wildman–Crippen LogP) is 14.0. The normalized spacial score (nSPS) is 19.0. The van der Waals surface area contributed by atoms with Crippen LogP contribution in [0.2, 0.25) is 0 Å². The van der Waals surface area contributed by atoms with Crippen LogP contribution < -0.4 is 4.74 Å². The molecule has 0 fully saturated rings. The molecule has 5 heteroatoms. The Morgan fingerprint density at radius 1 is 0.810 bits per heavy atom. The van der Waals surface area contributed by atoms with Gasteiger partial charge in [-0.1, -0.05) is 92.3 Å². The van der Waals surface area contributed by atoms with E-state index in [2.05, 4.69) is 153 Å². The summed E-state index contributed by atoms with van der Waals surface area (Å²) in [6.45, 7) is 12.9. The second-order valence-electron chi connectivity index (χ2n) is 17.0. The van der Waals surface area contributed by atoms with Crippen LogP contribution >= 0.6 is 0 Å². The molecular weight excluding hydrogens is 771 g/mol. The van der Waals surface area contributed by atoms with Crippen LogP contribution in [0.25, 0.3) is 61.0 Å². The van der Waals surface area contributed by atoms with Gasteiger partial charge in [-0.05, 0) is 174 Å². The fourth-order valence-corrected chi connectivity index (χ4v) is 9.26. The molecule has 5 nitrogen and oxygen atoms in total. The first-order chi connectivity index (χ1) is 30.7. The Morgan fingerprint density at radius 3 is 2.41 bits per heavy atom. The van der Waals surface area contributed by atoms with Gasteiger partial charge in [0.15, 0.2) is 11.7 Å². The first kappa shape index (κ1) is 39.6. The number of aliphatic imine (C=N–C) groups is 1. The summed E-state index contributed by atoms with van der Waals surface area (Å²) >= 11 is 0. The smallest absolute Gasteiger partial charge is 0.194 e. The summed E-state index contributed by atoms with van der Waals surface area (Å²) in [5.41, 5.74) is 19.2. The Bertz CT molecular complexity index is 3270. The number of pyridine rings is 2. The van der Waals surface area contributed by atoms with E-state index >= 15 is 0 Å². The van der Waals surface area contributed by atoms with Gasteiger partial charge in [-0.25, -0.2) is 0 Å². The van der Waals surface area contributed by atoms with Gasteiger partial charge in [0, 0.05) is 28.8 Å². The highest BCUT2D eigenvalue weighted by atomic mass is 16.5. The van der Waals surface area contributed by atoms with Crippen molar-refractivity contribution < 1.29 is 9.15 Å². The summed E-state index contributed by atoms with van der Waals surface area (Å²) < 4.78 is 12.6. The molecule has 306 valence electrons. The third-order valence-corrected chi connectivity index (χ3v) is 12.4. The Balaban J connectivity index is 0.963. The van der Waals surface area contributed by atoms with Crippen LogP contribution in [0.1, 0.15) is 49.6 Å². The number of hydrogen-bond acceptors (Lipinski definition) is 5. The van der Waals surface area contributed by atoms with Gasteiger partial charge < -0.3 is 9.15 Å². The van der Waals surface area contributed by atoms with Gasteiger partial charge in [0.05, 0.1) is 17.6 Å². The van der Waals surface area contributed by atoms with Crippen molar-refractivity contribution in [3.8, 4) is 51.0 Å². The Labute approximate surface area is 369 Å². The molecule has 0 spiro atoms. The van der Waals surface area contributed by atoms with Gasteiger partial charge in [-0.2, -0.15) is 0 Å². The highest BCUT2D eigenvalue weighted by Gasteiger charge is 2.39. The van der Waals surface area contributed by atoms with Crippen molar-refractivity contribution in [3.63, 3.8) is 0 Å². The second kappa shape index (κ2) is 16.4. The molecule has 1 aliphatic heterocycles. The monoisotopic (exact) mass is 817 g/mol. The quantitative estimate of drug-likeness (QED) is 0.119. The molecule has 7 aromatic rings. The number of allylic oxidation sites excluding steroid dienone is 9. The molecule has 2 unspecified atom stereocenters. The molecule has 3 aliphatic rings. The Morgan fingerprint density at radius 2 is 1.57 bits per heavy atom. The summed E-state index contributed by atoms with van der Waals surface area (Å²) in [5.74, 6) is 7.05. The van der Waals surface area contributed by atoms with Crippen LogP contribution in [-0.4, -0.2) is 22.3 Å². The van der Waals surface area contributed by atoms with Crippen molar-refractivity contribution in [2.75, 3.05) is 0 Å². The topological polar surface area (TPSA) is 60.5 Å². The van der Waals surface area contributed by atoms with Crippen LogP contribution in [0.5, 0.6) is 5.75 Å². The van der Waals surface area contributed by atoms with E-state index < -0.39 is 6.10 Å². The van der Waals surface area contributed by atoms with Gasteiger partial charge in [0.2, 0.25) is 0 Å². The van der Waals surface area contributed by atoms with Crippen molar-refractivity contribution in [2.24, 2.45) is 10.4 Å². The first-order valence-corrected chi connectivity index (χ1v) is 21.6. The Hall–Kier alpha value is -7.55. The van der Waals surface area contributed by atoms with Crippen LogP contribution in [-0.2, 0) is 12.8 Å². The molecule has 10 rings (SSSR count). The fraction of sp³-hybridized carbons (Fsp3) is 0.155. The van der Waals surface area contributed by atoms with E-state index in [1.165, 1.54) is 16.7 Å². The van der Waals surface area contributed by atoms with Gasteiger partial charge in [-0.15, -0.1) is 5.92 Å². The minimum Gasteiger partial charge on any atom is -0.472 e. The van der Waals surface area contributed by atoms with E-state index in [0.717, 1.165) is 108 Å². The minimum atomic E-state index is -0.516. The molecule has 0 radical (unpaired) electrons. The van der Waals surface area contributed by atoms with Gasteiger partial charge in [-0.3, -0.25) is 15.0 Å². The van der Waals surface area contributed by atoms with Crippen LogP contribution in [0.15, 0.2) is 190 Å². The van der Waals surface area contributed by atoms with Crippen LogP contribution in [0.3, 0.4) is 0 Å². The molecule has 2 atom stereocenters. The van der Waals surface area contributed by atoms with Crippen molar-refractivity contribution in [3.05, 3.63) is 203 Å². The number of fused-ring (bicyclic) bond motifs is 7. The first-order valence-electron chi connectivity index (χ1n) is 21.6. The zero-order valence-corrected chi connectivity index (χ0v) is 36.1. The summed E-state index contributed by atoms with van der Waals surface area (Å²) in [6, 6.07) is 36.5. The number of aromatic nitrogens is 2. The Kier molecular flexibility index (Phi) is 10.3. The zero-order chi connectivity index (χ0) is 43.1. The van der Waals surface area contributed by atoms with E-state index in [1.807, 2.05) is 56.7 Å². The minimum absolute atomic E-state index is 0.0551. The lowest BCUT2D eigenvalue weighted by atomic mass is 9.75. The molecule has 2 aliphatic carbocycles. The van der Waals surface area contributed by atoms with Crippen LogP contribution in [0.4, 0.5) is 0 Å². The molecule has 4 aromatic carbocycles. The maximum absolute atomic E-state index is 6.55. The summed E-state index contributed by atoms with van der Waals surface area (Å²) in [4.78, 5) is 14.4. The third kappa shape index (κ3) is 7.70. The number of furan rings is 1. The predicted molar refractivity (Wildman–Crippen MR) is 259 cm³/mol. The fourth-order valence-electron chi connectivity index (χ4n) is 9.26. The number of ether oxygens (including phenoxy) is 1. The van der Waals surface area contributed by atoms with Crippen molar-refractivity contribution in [2.45, 2.75) is 53.1 Å². The van der Waals surface area contributed by atoms with Crippen molar-refractivity contribution >= 4 is 33.9 Å². The molecule has 0 saturated carbocycles. The lowest BCUT2D eigenvalue weighted by Crippen LogP contribution is -2.17. The number of nitrogens with zero attached hydrogens (tertiary/aromatic N) is 3. The van der Waals surface area contributed by atoms with Crippen molar-refractivity contribution in [1.82, 2.24) is 9.97 Å². The zero-order valence-electron chi connectivity index (χ0n) is 36.1. The van der Waals surface area contributed by atoms with Gasteiger partial charge in [0.25, 0.3) is 0 Å². The standard InChI is InChI=1S/C58H47N3O2/c1-6-11-44(29-38(4)39-23-24-58(5)35-46-15-9-25-59-56(46)51(58)34-39)52-20-17-45-31-42(18-21-53(45)62-49(12-7-2)36-61-52)40-13-8-14-41(30-40)47-27-37(3)28-48(32-47)43-19-22-54-50(33-43)57-55(63-54)16-10-26-60-57/h6,8-11,13-16,18-23,25-34,36,49H,4,17,24,35H2,1-3,5H3/b11-6-,44-29+,52-20-,61-36?. The molecule has 63 heavy (non-hydrogen) atoms. The maximum atomic E-state index is 6.55. The molecule has 3 aromatic heterocycles. The highest BCUT2D eigenvalue weighted by molar-refractivity contribution is 6.04. The molecule has 0 amide bonds. The number of hydrogen-bond donors (Lipinski definition) is 0. The average Bonchev–Trinajstić information content (AvgIpc) is 3.85. The molecule has 4 heterocycles. The van der Waals surface area contributed by atoms with Gasteiger partial charge in [0.1, 0.15) is 16.8 Å². The van der Waals surface area contributed by atoms with Crippen molar-refractivity contribution in [1.29, 1.82) is 0 Å². The largest absolute Gasteiger partial charge is 0.472 e. The number of benzene rings is 4. The molecule has 0 N–H and O–H groups in total. The van der Waals surface area contributed by atoms with Gasteiger partial charge >= 0.3 is 0 Å². The highest BCUT2D eigenvalue weighted by Crippen LogP contribution is 2.51. The lowest BCUT2D eigenvalue weighted by Gasteiger charge is -2.29. The van der Waals surface area contributed by atoms with E-state index in [9.17, 15) is 0 Å². The average molecular weight is 818 g/mol. The summed E-state index contributed by atoms with van der Waals surface area (Å²) in [7, 11) is 0. The third-order valence-electron chi connectivity index (χ3n) is 12.4. The maximum Gasteiger partial charge on any atom is 0.194 e. The molecule has 0 bridgehead atoms.